The molecule has 0 bridgehead atoms. The zero-order valence-corrected chi connectivity index (χ0v) is 61.7. The lowest BCUT2D eigenvalue weighted by Gasteiger charge is -2.37. The van der Waals surface area contributed by atoms with Crippen molar-refractivity contribution in [2.75, 3.05) is 33.0 Å². The molecule has 4 heterocycles. The molecule has 8 atom stereocenters. The number of hydroxylamine groups is 8. The van der Waals surface area contributed by atoms with Gasteiger partial charge in [0.05, 0.1) is 58.7 Å². The fourth-order valence-corrected chi connectivity index (χ4v) is 15.9. The number of alkyl halides is 3. The number of hydrogen-bond acceptors (Lipinski definition) is 13. The Bertz CT molecular complexity index is 3360. The number of benzene rings is 6. The lowest BCUT2D eigenvalue weighted by atomic mass is 9.81. The molecule has 101 heavy (non-hydrogen) atoms. The first kappa shape index (κ1) is 84.1. The van der Waals surface area contributed by atoms with E-state index in [1.54, 1.807) is 0 Å². The number of fused-ring (bicyclic) bond motifs is 1. The predicted octanol–water partition coefficient (Wildman–Crippen LogP) is 19.5. The molecule has 0 aromatic heterocycles. The molecule has 15 nitrogen and oxygen atoms in total. The van der Waals surface area contributed by atoms with Crippen molar-refractivity contribution in [3.05, 3.63) is 190 Å². The van der Waals surface area contributed by atoms with Crippen LogP contribution in [0.15, 0.2) is 157 Å². The van der Waals surface area contributed by atoms with Crippen LogP contribution in [0.4, 0.5) is 13.2 Å². The Labute approximate surface area is 602 Å². The summed E-state index contributed by atoms with van der Waals surface area (Å²) in [6, 6.07) is 49.6. The number of azide groups is 1. The molecule has 6 aromatic rings. The number of aliphatic hydroxyl groups is 4. The Morgan fingerprint density at radius 1 is 0.436 bits per heavy atom. The highest BCUT2D eigenvalue weighted by molar-refractivity contribution is 5.83. The van der Waals surface area contributed by atoms with E-state index in [1.807, 2.05) is 34.4 Å². The first-order valence-corrected chi connectivity index (χ1v) is 37.0. The van der Waals surface area contributed by atoms with Gasteiger partial charge in [-0.25, -0.2) is 0 Å². The molecule has 0 radical (unpaired) electrons. The van der Waals surface area contributed by atoms with Crippen LogP contribution in [-0.2, 0) is 51.7 Å². The predicted molar refractivity (Wildman–Crippen MR) is 401 cm³/mol. The lowest BCUT2D eigenvalue weighted by Crippen LogP contribution is -2.44. The maximum absolute atomic E-state index is 12.7. The van der Waals surface area contributed by atoms with Crippen molar-refractivity contribution in [1.82, 2.24) is 20.3 Å². The van der Waals surface area contributed by atoms with Gasteiger partial charge < -0.3 is 20.4 Å². The van der Waals surface area contributed by atoms with E-state index in [0.29, 0.717) is 56.1 Å². The third-order valence-corrected chi connectivity index (χ3v) is 20.1. The number of nitrogens with zero attached hydrogens (tertiary/aromatic N) is 7. The van der Waals surface area contributed by atoms with Crippen LogP contribution in [0, 0.1) is 23.7 Å². The molecule has 4 fully saturated rings. The fourth-order valence-electron chi connectivity index (χ4n) is 15.9. The van der Waals surface area contributed by atoms with E-state index in [1.165, 1.54) is 45.2 Å². The first-order chi connectivity index (χ1) is 47.9. The largest absolute Gasteiger partial charge is 0.416 e. The number of hydrogen-bond donors (Lipinski definition) is 4. The zero-order chi connectivity index (χ0) is 72.5. The van der Waals surface area contributed by atoms with E-state index in [4.69, 9.17) is 24.9 Å². The Morgan fingerprint density at radius 2 is 0.752 bits per heavy atom. The molecule has 4 saturated heterocycles. The van der Waals surface area contributed by atoms with E-state index in [9.17, 15) is 33.6 Å². The topological polar surface area (TPSA) is 180 Å². The van der Waals surface area contributed by atoms with Crippen LogP contribution in [-0.4, -0.2) is 120 Å². The van der Waals surface area contributed by atoms with Gasteiger partial charge in [0.25, 0.3) is 0 Å². The van der Waals surface area contributed by atoms with Crippen molar-refractivity contribution < 1.29 is 52.9 Å². The van der Waals surface area contributed by atoms with Gasteiger partial charge >= 0.3 is 6.18 Å². The van der Waals surface area contributed by atoms with Crippen molar-refractivity contribution in [1.29, 1.82) is 0 Å². The lowest BCUT2D eigenvalue weighted by molar-refractivity contribution is -0.201. The Balaban J connectivity index is 0.000000212. The summed E-state index contributed by atoms with van der Waals surface area (Å²) in [4.78, 5) is 27.7. The van der Waals surface area contributed by atoms with Crippen LogP contribution in [0.25, 0.3) is 32.3 Å². The molecule has 4 N–H and O–H groups in total. The summed E-state index contributed by atoms with van der Waals surface area (Å²) in [6.07, 6.45) is 9.39. The Kier molecular flexibility index (Phi) is 33.7. The standard InChI is InChI=1S/C23H30N4O2.C22H31NO2.C19H28F3NO2.C18H29NO2.CH4/c1-18(2)14-23(12-13-28)15-22(16-25-26-24)29-27(23)17-19-8-10-21(11-9-19)20-6-4-3-5-7-20;1-4-21-15-22(11-12-24,14-17(2)3)23(25-21)16-18-9-10-19-7-5-6-8-20(19)13-18;1-4-17-12-18(9-10-24,11-14(2)3)23(25-17)13-15-5-7-16(8-6-15)19(20,21)22;1-4-17-13-18(10-11-20,12-15(2)3)19(21-17)14-16-8-6-5-7-9-16;/h3-11,18,22,28H,12-17H2,1-2H3;5-10,13,17,21,24H,4,11-12,14-16H2,1-3H3;5-8,14,17,24H,4,9-13H2,1-3H3;5-9,15,17,20H,4,10-14H2,1-3H3;1H4/t22-,23-;21-,22+;2*17-,18+;/m1000./s1. The molecule has 4 aliphatic heterocycles. The van der Waals surface area contributed by atoms with Gasteiger partial charge in [0.15, 0.2) is 0 Å². The SMILES string of the molecule is C.CC(C)C[C@]1(CCO)C[C@H](CN=[N+]=[N-])ON1Cc1ccc(-c2ccccc2)cc1.CC[C@H]1C[C@@](CCO)(CC(C)C)N(Cc2ccc(C(F)(F)F)cc2)O1.CC[C@H]1C[C@@](CCO)(CC(C)C)N(Cc2ccc3ccccc3c2)O1.CC[C@H]1C[C@@](CCO)(CC(C)C)N(Cc2ccccc2)O1. The van der Waals surface area contributed by atoms with Gasteiger partial charge in [0.1, 0.15) is 0 Å². The van der Waals surface area contributed by atoms with E-state index in [0.717, 1.165) is 120 Å². The summed E-state index contributed by atoms with van der Waals surface area (Å²) < 4.78 is 38.2. The minimum absolute atomic E-state index is 0. The highest BCUT2D eigenvalue weighted by Crippen LogP contribution is 2.46. The van der Waals surface area contributed by atoms with Crippen molar-refractivity contribution in [2.24, 2.45) is 28.8 Å². The molecule has 558 valence electrons. The molecule has 10 rings (SSSR count). The summed E-state index contributed by atoms with van der Waals surface area (Å²) in [5, 5.41) is 53.1. The summed E-state index contributed by atoms with van der Waals surface area (Å²) in [6.45, 7) is 27.6. The smallest absolute Gasteiger partial charge is 0.396 e. The zero-order valence-electron chi connectivity index (χ0n) is 61.7. The van der Waals surface area contributed by atoms with E-state index < -0.39 is 11.7 Å². The fraction of sp³-hybridized carbons (Fsp3) is 0.590. The van der Waals surface area contributed by atoms with Crippen molar-refractivity contribution in [3.63, 3.8) is 0 Å². The van der Waals surface area contributed by atoms with Crippen LogP contribution in [0.2, 0.25) is 0 Å². The van der Waals surface area contributed by atoms with Gasteiger partial charge in [-0.1, -0.05) is 222 Å². The molecule has 18 heteroatoms. The minimum Gasteiger partial charge on any atom is -0.396 e. The Hall–Kier alpha value is -5.80. The van der Waals surface area contributed by atoms with Gasteiger partial charge in [-0.3, -0.25) is 19.4 Å². The van der Waals surface area contributed by atoms with Gasteiger partial charge in [-0.15, -0.1) is 0 Å². The van der Waals surface area contributed by atoms with Gasteiger partial charge in [0, 0.05) is 57.5 Å². The van der Waals surface area contributed by atoms with E-state index in [2.05, 4.69) is 199 Å². The monoisotopic (exact) mass is 1400 g/mol. The second-order valence-corrected chi connectivity index (χ2v) is 30.1. The van der Waals surface area contributed by atoms with E-state index in [-0.39, 0.29) is 80.4 Å². The molecule has 4 aliphatic rings. The average molecular weight is 1400 g/mol. The average Bonchev–Trinajstić information content (AvgIpc) is 1.68. The van der Waals surface area contributed by atoms with Crippen LogP contribution in [0.3, 0.4) is 0 Å². The van der Waals surface area contributed by atoms with Crippen LogP contribution < -0.4 is 0 Å². The number of rotatable bonds is 30. The highest BCUT2D eigenvalue weighted by atomic mass is 19.4. The second kappa shape index (κ2) is 40.5. The number of aliphatic hydroxyl groups excluding tert-OH is 4. The minimum atomic E-state index is -4.33. The quantitative estimate of drug-likeness (QED) is 0.0191. The molecule has 6 aromatic carbocycles. The maximum Gasteiger partial charge on any atom is 0.416 e. The molecule has 0 saturated carbocycles. The molecular formula is C83H122F3N7O8. The molecule has 0 unspecified atom stereocenters. The normalized spacial score (nSPS) is 24.1. The highest BCUT2D eigenvalue weighted by Gasteiger charge is 2.50. The van der Waals surface area contributed by atoms with Gasteiger partial charge in [-0.2, -0.15) is 33.4 Å². The summed E-state index contributed by atoms with van der Waals surface area (Å²) in [5.41, 5.74) is 14.3. The molecular weight excluding hydrogens is 1280 g/mol. The van der Waals surface area contributed by atoms with Crippen LogP contribution >= 0.6 is 0 Å². The summed E-state index contributed by atoms with van der Waals surface area (Å²) in [7, 11) is 0. The summed E-state index contributed by atoms with van der Waals surface area (Å²) in [5.74, 6) is 2.06. The number of halogens is 3. The van der Waals surface area contributed by atoms with E-state index >= 15 is 0 Å². The third kappa shape index (κ3) is 24.1. The van der Waals surface area contributed by atoms with Gasteiger partial charge in [-0.05, 0) is 188 Å². The Morgan fingerprint density at radius 3 is 1.12 bits per heavy atom. The molecule has 0 spiro atoms. The molecule has 0 aliphatic carbocycles. The molecule has 0 amide bonds. The second-order valence-electron chi connectivity index (χ2n) is 30.1. The van der Waals surface area contributed by atoms with Crippen molar-refractivity contribution in [2.45, 2.75) is 259 Å². The van der Waals surface area contributed by atoms with Crippen molar-refractivity contribution >= 4 is 10.8 Å². The van der Waals surface area contributed by atoms with Gasteiger partial charge in [0.2, 0.25) is 0 Å². The summed E-state index contributed by atoms with van der Waals surface area (Å²) >= 11 is 0. The maximum atomic E-state index is 12.7. The first-order valence-electron chi connectivity index (χ1n) is 37.0. The third-order valence-electron chi connectivity index (χ3n) is 20.1. The van der Waals surface area contributed by atoms with Crippen LogP contribution in [0.5, 0.6) is 0 Å². The van der Waals surface area contributed by atoms with Crippen molar-refractivity contribution in [3.8, 4) is 11.1 Å². The van der Waals surface area contributed by atoms with Crippen LogP contribution in [0.1, 0.15) is 208 Å².